The zero-order chi connectivity index (χ0) is 44.2. The summed E-state index contributed by atoms with van der Waals surface area (Å²) in [7, 11) is 2.58. The van der Waals surface area contributed by atoms with E-state index in [1.54, 1.807) is 7.11 Å². The second-order valence-corrected chi connectivity index (χ2v) is 24.4. The van der Waals surface area contributed by atoms with E-state index < -0.39 is 59.8 Å². The van der Waals surface area contributed by atoms with Crippen molar-refractivity contribution in [1.29, 1.82) is 0 Å². The van der Waals surface area contributed by atoms with Gasteiger partial charge in [0.05, 0.1) is 25.9 Å². The molecule has 2 saturated heterocycles. The Hall–Kier alpha value is -3.76. The number of nitrogens with one attached hydrogen (secondary N) is 2. The number of fused-ring (bicyclic) bond motifs is 6. The molecule has 6 heterocycles. The first kappa shape index (κ1) is 43.5. The summed E-state index contributed by atoms with van der Waals surface area (Å²) in [4.78, 5) is 51.3. The highest BCUT2D eigenvalue weighted by atomic mass is 28.4. The van der Waals surface area contributed by atoms with Crippen molar-refractivity contribution in [2.45, 2.75) is 118 Å². The fourth-order valence-electron chi connectivity index (χ4n) is 13.9. The Balaban J connectivity index is 1.29. The van der Waals surface area contributed by atoms with E-state index in [1.165, 1.54) is 7.11 Å². The van der Waals surface area contributed by atoms with Crippen molar-refractivity contribution in [3.8, 4) is 5.75 Å². The predicted molar refractivity (Wildman–Crippen MR) is 241 cm³/mol. The normalized spacial score (nSPS) is 36.2. The van der Waals surface area contributed by atoms with Crippen LogP contribution in [0.3, 0.4) is 0 Å². The van der Waals surface area contributed by atoms with E-state index in [0.29, 0.717) is 95.0 Å². The number of nitrogens with zero attached hydrogens (tertiary/aromatic N) is 3. The highest BCUT2D eigenvalue weighted by molar-refractivity contribution is 6.69. The Bertz CT molecular complexity index is 2300. The molecule has 5 aliphatic heterocycles. The second-order valence-electron chi connectivity index (χ2n) is 20.3. The van der Waals surface area contributed by atoms with Gasteiger partial charge in [0, 0.05) is 90.6 Å². The number of aromatic amines is 1. The summed E-state index contributed by atoms with van der Waals surface area (Å²) in [6, 6.07) is 11.7. The van der Waals surface area contributed by atoms with Crippen LogP contribution in [0.15, 0.2) is 48.6 Å². The highest BCUT2D eigenvalue weighted by Crippen LogP contribution is 2.67. The first-order valence-corrected chi connectivity index (χ1v) is 26.0. The molecule has 2 aromatic carbocycles. The molecule has 2 bridgehead atoms. The zero-order valence-electron chi connectivity index (χ0n) is 37.6. The van der Waals surface area contributed by atoms with Crippen molar-refractivity contribution < 1.29 is 39.2 Å². The van der Waals surface area contributed by atoms with Crippen molar-refractivity contribution in [2.24, 2.45) is 11.3 Å². The maximum Gasteiger partial charge on any atom is 0.322 e. The monoisotopic (exact) mass is 869 g/mol. The summed E-state index contributed by atoms with van der Waals surface area (Å²) in [6.07, 6.45) is 6.41. The highest BCUT2D eigenvalue weighted by Gasteiger charge is 2.78. The van der Waals surface area contributed by atoms with Crippen molar-refractivity contribution in [3.63, 3.8) is 0 Å². The Kier molecular flexibility index (Phi) is 10.6. The van der Waals surface area contributed by atoms with E-state index in [0.717, 1.165) is 33.4 Å². The van der Waals surface area contributed by atoms with Gasteiger partial charge in [-0.3, -0.25) is 19.4 Å². The summed E-state index contributed by atoms with van der Waals surface area (Å²) >= 11 is 0. The molecule has 0 unspecified atom stereocenters. The number of aromatic nitrogens is 1. The Morgan fingerprint density at radius 3 is 2.52 bits per heavy atom. The molecule has 62 heavy (non-hydrogen) atoms. The van der Waals surface area contributed by atoms with Crippen LogP contribution in [0.1, 0.15) is 74.8 Å². The van der Waals surface area contributed by atoms with Crippen LogP contribution in [-0.4, -0.2) is 145 Å². The number of aliphatic hydroxyl groups excluding tert-OH is 1. The quantitative estimate of drug-likeness (QED) is 0.0756. The molecule has 3 fully saturated rings. The largest absolute Gasteiger partial charge is 0.496 e. The third-order valence-electron chi connectivity index (χ3n) is 16.5. The van der Waals surface area contributed by atoms with Crippen molar-refractivity contribution in [1.82, 2.24) is 20.1 Å². The first-order chi connectivity index (χ1) is 29.5. The molecule has 1 aromatic heterocycles. The number of ether oxygens (including phenoxy) is 2. The van der Waals surface area contributed by atoms with Crippen LogP contribution in [0.5, 0.6) is 5.75 Å². The number of methoxy groups -OCH3 is 2. The maximum absolute atomic E-state index is 15.4. The molecule has 13 nitrogen and oxygen atoms in total. The molecule has 14 heteroatoms. The van der Waals surface area contributed by atoms with Crippen LogP contribution in [-0.2, 0) is 31.6 Å². The number of carbonyl (C=O) groups is 2. The zero-order valence-corrected chi connectivity index (χ0v) is 38.6. The minimum atomic E-state index is -2.38. The lowest BCUT2D eigenvalue weighted by Gasteiger charge is -2.63. The van der Waals surface area contributed by atoms with Gasteiger partial charge in [-0.2, -0.15) is 0 Å². The van der Waals surface area contributed by atoms with Gasteiger partial charge in [-0.05, 0) is 99.8 Å². The standard InChI is InChI=1S/C48H67N5O8Si/c1-8-44(57)26-30-27-47(43(56)61-5,38-32(16-21-52(28-30)29-44)31-14-10-11-15-35(31)50-38)34-24-33-36(25-37(34)60-4)51(3)40-46(33)18-22-53-20-12-17-45(9-2,39(46)53)41(54)48(40,58)42(55)49-19-13-23-62(6,7)59/h10-12,14-15,17,24-25,30,39-41,50,54,57-59H,8-9,13,16,18-23,26-29H2,1-7H3,(H,49,55)/t30-,39-,40+,41+,44-,45+,46+,47-,48-/m0/s1. The number of aliphatic hydroxyl groups is 3. The molecule has 6 aliphatic rings. The molecule has 10 atom stereocenters. The Morgan fingerprint density at radius 1 is 1.03 bits per heavy atom. The SMILES string of the molecule is CC[C@]1(O)C[C@@H]2C[N@@](CCc3c([nH]c4ccccc34)[C@@](C(=O)OC)(c3cc4c(cc3OC)N(C)[C@H]3[C@@](O)(C(=O)NCCC[Si](C)(C)O)[C@H](O)[C@]5(CC)C=CCN6CC[C@]43[C@@H]65)C2)C1. The van der Waals surface area contributed by atoms with Gasteiger partial charge in [-0.1, -0.05) is 44.2 Å². The lowest BCUT2D eigenvalue weighted by molar-refractivity contribution is -0.203. The number of carbonyl (C=O) groups excluding carboxylic acids is 2. The van der Waals surface area contributed by atoms with E-state index in [-0.39, 0.29) is 18.5 Å². The molecule has 0 radical (unpaired) electrons. The number of amides is 1. The number of benzene rings is 2. The third kappa shape index (κ3) is 6.06. The lowest BCUT2D eigenvalue weighted by atomic mass is 9.47. The average molecular weight is 870 g/mol. The predicted octanol–water partition coefficient (Wildman–Crippen LogP) is 3.95. The van der Waals surface area contributed by atoms with Gasteiger partial charge in [0.25, 0.3) is 5.91 Å². The number of esters is 1. The fraction of sp³-hybridized carbons (Fsp3) is 0.625. The molecule has 3 aromatic rings. The van der Waals surface area contributed by atoms with Crippen LogP contribution < -0.4 is 15.0 Å². The van der Waals surface area contributed by atoms with Crippen LogP contribution in [0.2, 0.25) is 19.1 Å². The smallest absolute Gasteiger partial charge is 0.322 e. The van der Waals surface area contributed by atoms with Gasteiger partial charge in [0.15, 0.2) is 13.9 Å². The summed E-state index contributed by atoms with van der Waals surface area (Å²) < 4.78 is 12.4. The van der Waals surface area contributed by atoms with Crippen molar-refractivity contribution in [2.75, 3.05) is 65.4 Å². The molecule has 1 aliphatic carbocycles. The van der Waals surface area contributed by atoms with Gasteiger partial charge in [-0.25, -0.2) is 0 Å². The fourth-order valence-corrected chi connectivity index (χ4v) is 14.9. The number of likely N-dealkylation sites (N-methyl/N-ethyl adjacent to an activating group) is 1. The molecule has 1 spiro atoms. The van der Waals surface area contributed by atoms with Gasteiger partial charge in [0.2, 0.25) is 0 Å². The van der Waals surface area contributed by atoms with E-state index >= 15 is 4.79 Å². The van der Waals surface area contributed by atoms with Crippen molar-refractivity contribution in [3.05, 3.63) is 70.9 Å². The summed E-state index contributed by atoms with van der Waals surface area (Å²) in [5.41, 5.74) is -1.42. The molecule has 9 rings (SSSR count). The summed E-state index contributed by atoms with van der Waals surface area (Å²) in [5.74, 6) is -0.670. The third-order valence-corrected chi connectivity index (χ3v) is 18.0. The topological polar surface area (TPSA) is 171 Å². The van der Waals surface area contributed by atoms with Gasteiger partial charge >= 0.3 is 5.97 Å². The lowest BCUT2D eigenvalue weighted by Crippen LogP contribution is -2.81. The minimum Gasteiger partial charge on any atom is -0.496 e. The van der Waals surface area contributed by atoms with Crippen LogP contribution in [0.25, 0.3) is 10.9 Å². The Labute approximate surface area is 366 Å². The number of hydrogen-bond donors (Lipinski definition) is 6. The van der Waals surface area contributed by atoms with Crippen LogP contribution in [0.4, 0.5) is 5.69 Å². The van der Waals surface area contributed by atoms with E-state index in [2.05, 4.69) is 44.4 Å². The van der Waals surface area contributed by atoms with Crippen LogP contribution in [0, 0.1) is 11.3 Å². The number of hydrogen-bond acceptors (Lipinski definition) is 11. The number of H-pyrrole nitrogens is 1. The van der Waals surface area contributed by atoms with E-state index in [1.807, 2.05) is 63.2 Å². The maximum atomic E-state index is 15.4. The van der Waals surface area contributed by atoms with Gasteiger partial charge in [0.1, 0.15) is 17.3 Å². The minimum absolute atomic E-state index is 0.0902. The number of para-hydroxylation sites is 1. The molecule has 6 N–H and O–H groups in total. The molecule has 336 valence electrons. The molecular weight excluding hydrogens is 803 g/mol. The van der Waals surface area contributed by atoms with Crippen LogP contribution >= 0.6 is 0 Å². The van der Waals surface area contributed by atoms with Crippen molar-refractivity contribution >= 4 is 36.8 Å². The van der Waals surface area contributed by atoms with E-state index in [4.69, 9.17) is 9.47 Å². The Morgan fingerprint density at radius 2 is 1.81 bits per heavy atom. The summed E-state index contributed by atoms with van der Waals surface area (Å²) in [6.45, 7) is 11.4. The number of rotatable bonds is 10. The second kappa shape index (κ2) is 15.2. The van der Waals surface area contributed by atoms with Gasteiger partial charge < -0.3 is 44.8 Å². The number of anilines is 1. The number of piperidine rings is 1. The molecular formula is C48H67N5O8Si. The van der Waals surface area contributed by atoms with E-state index in [9.17, 15) is 24.9 Å². The average Bonchev–Trinajstić information content (AvgIpc) is 3.91. The first-order valence-electron chi connectivity index (χ1n) is 22.9. The molecule has 1 saturated carbocycles. The summed E-state index contributed by atoms with van der Waals surface area (Å²) in [5, 5.41) is 42.2. The van der Waals surface area contributed by atoms with Gasteiger partial charge in [-0.15, -0.1) is 0 Å². The molecule has 1 amide bonds.